The highest BCUT2D eigenvalue weighted by atomic mass is 32.2. The molecule has 8 aliphatic carbocycles. The van der Waals surface area contributed by atoms with E-state index in [9.17, 15) is 38.4 Å². The Morgan fingerprint density at radius 2 is 1.00 bits per heavy atom. The maximum atomic E-state index is 12.2. The first-order valence-corrected chi connectivity index (χ1v) is 26.8. The molecular formula is C50H85NO10S. The number of fused-ring (bicyclic) bond motifs is 10. The number of rotatable bonds is 11. The Labute approximate surface area is 373 Å². The number of hydrogen-bond donors (Lipinski definition) is 7. The van der Waals surface area contributed by atoms with E-state index in [1.807, 2.05) is 0 Å². The molecule has 0 aromatic heterocycles. The Morgan fingerprint density at radius 3 is 1.42 bits per heavy atom. The summed E-state index contributed by atoms with van der Waals surface area (Å²) >= 11 is 0. The van der Waals surface area contributed by atoms with E-state index >= 15 is 0 Å². The number of carboxylic acid groups (broad SMARTS) is 1. The van der Waals surface area contributed by atoms with Crippen molar-refractivity contribution in [1.29, 1.82) is 0 Å². The van der Waals surface area contributed by atoms with E-state index in [2.05, 4.69) is 46.9 Å². The molecule has 0 saturated heterocycles. The average molecular weight is 892 g/mol. The second kappa shape index (κ2) is 18.4. The number of aliphatic hydroxyl groups is 4. The fourth-order valence-corrected chi connectivity index (χ4v) is 18.2. The van der Waals surface area contributed by atoms with Crippen LogP contribution in [0.25, 0.3) is 0 Å². The number of amides is 1. The van der Waals surface area contributed by atoms with Crippen LogP contribution in [-0.4, -0.2) is 87.1 Å². The van der Waals surface area contributed by atoms with Gasteiger partial charge in [-0.3, -0.25) is 14.1 Å². The SMILES string of the molecule is C[C@H](CCC(=O)NCCS(=O)(=O)O)[C@H]1CC[C@H]2[C@@H]3[C@@H](O)CC4C[C@H](O)CC[C@]4(C)[C@H]3CC[C@]12C.C[C@H](CCC(=O)O)[C@H]1CC[C@H]2[C@@H]3[C@@H](O)CC4C[C@H](O)CC[C@]4(C)[C@H]3CC[C@]12C. The van der Waals surface area contributed by atoms with Crippen LogP contribution in [0.2, 0.25) is 0 Å². The lowest BCUT2D eigenvalue weighted by molar-refractivity contribution is -0.174. The normalized spacial score (nSPS) is 48.0. The van der Waals surface area contributed by atoms with Gasteiger partial charge in [0.2, 0.25) is 5.91 Å². The Hall–Kier alpha value is -1.31. The van der Waals surface area contributed by atoms with Crippen LogP contribution in [0.3, 0.4) is 0 Å². The monoisotopic (exact) mass is 892 g/mol. The van der Waals surface area contributed by atoms with Crippen molar-refractivity contribution < 1.29 is 48.1 Å². The van der Waals surface area contributed by atoms with Crippen LogP contribution in [0.4, 0.5) is 0 Å². The first kappa shape index (κ1) is 48.6. The lowest BCUT2D eigenvalue weighted by atomic mass is 9.43. The highest BCUT2D eigenvalue weighted by molar-refractivity contribution is 7.85. The van der Waals surface area contributed by atoms with Crippen LogP contribution in [-0.2, 0) is 19.7 Å². The lowest BCUT2D eigenvalue weighted by Crippen LogP contribution is -2.58. The fraction of sp³-hybridized carbons (Fsp3) is 0.960. The molecule has 2 unspecified atom stereocenters. The van der Waals surface area contributed by atoms with Gasteiger partial charge >= 0.3 is 5.97 Å². The van der Waals surface area contributed by atoms with Gasteiger partial charge < -0.3 is 30.8 Å². The zero-order chi connectivity index (χ0) is 45.2. The fourth-order valence-electron chi connectivity index (χ4n) is 17.9. The largest absolute Gasteiger partial charge is 0.481 e. The molecule has 8 rings (SSSR count). The number of hydrogen-bond acceptors (Lipinski definition) is 8. The minimum atomic E-state index is -4.06. The van der Waals surface area contributed by atoms with Crippen LogP contribution in [0.15, 0.2) is 0 Å². The quantitative estimate of drug-likeness (QED) is 0.100. The summed E-state index contributed by atoms with van der Waals surface area (Å²) in [5.41, 5.74) is 0.934. The van der Waals surface area contributed by atoms with Crippen molar-refractivity contribution in [3.63, 3.8) is 0 Å². The highest BCUT2D eigenvalue weighted by Crippen LogP contribution is 2.70. The van der Waals surface area contributed by atoms with E-state index < -0.39 is 21.8 Å². The predicted molar refractivity (Wildman–Crippen MR) is 239 cm³/mol. The maximum Gasteiger partial charge on any atom is 0.303 e. The molecule has 0 aromatic rings. The van der Waals surface area contributed by atoms with Crippen molar-refractivity contribution in [3.05, 3.63) is 0 Å². The van der Waals surface area contributed by atoms with Gasteiger partial charge in [-0.2, -0.15) is 8.42 Å². The molecule has 0 heterocycles. The maximum absolute atomic E-state index is 12.2. The molecule has 1 amide bonds. The standard InChI is InChI=1S/C26H45NO6S.C24H40O4/c1-16(4-7-23(30)27-12-13-34(31,32)33)19-5-6-20-24-21(9-11-26(19,20)3)25(2)10-8-18(28)14-17(25)15-22(24)29;1-14(4-7-21(27)28)17-5-6-18-22-19(9-11-24(17,18)3)23(2)10-8-16(25)12-15(23)13-20(22)26/h16-22,24,28-29H,4-15H2,1-3H3,(H,27,30)(H,31,32,33);14-20,22,25-26H,4-13H2,1-3H3,(H,27,28)/t16-,17?,18-,19-,20+,21+,22+,24+,25+,26-;14-,15?,16-,17-,18+,19+,20+,22+,23+,24-/m11/s1. The zero-order valence-electron chi connectivity index (χ0n) is 39.0. The van der Waals surface area contributed by atoms with E-state index in [-0.39, 0.29) is 64.9 Å². The molecule has 356 valence electrons. The third-order valence-corrected chi connectivity index (χ3v) is 21.9. The van der Waals surface area contributed by atoms with Crippen molar-refractivity contribution in [2.24, 2.45) is 92.7 Å². The van der Waals surface area contributed by atoms with Crippen LogP contribution in [0.1, 0.15) is 170 Å². The first-order valence-electron chi connectivity index (χ1n) is 25.2. The molecular weight excluding hydrogens is 807 g/mol. The molecule has 8 aliphatic rings. The Kier molecular flexibility index (Phi) is 14.4. The summed E-state index contributed by atoms with van der Waals surface area (Å²) in [6, 6.07) is 0. The van der Waals surface area contributed by atoms with Crippen LogP contribution in [0.5, 0.6) is 0 Å². The third-order valence-electron chi connectivity index (χ3n) is 21.2. The number of carbonyl (C=O) groups is 2. The van der Waals surface area contributed by atoms with Gasteiger partial charge in [-0.1, -0.05) is 41.5 Å². The lowest BCUT2D eigenvalue weighted by Gasteiger charge is -2.62. The van der Waals surface area contributed by atoms with E-state index in [1.165, 1.54) is 32.1 Å². The molecule has 8 saturated carbocycles. The Balaban J connectivity index is 0.000000190. The zero-order valence-corrected chi connectivity index (χ0v) is 39.8. The van der Waals surface area contributed by atoms with Crippen molar-refractivity contribution >= 4 is 22.0 Å². The topological polar surface area (TPSA) is 202 Å². The number of nitrogens with one attached hydrogen (secondary N) is 1. The van der Waals surface area contributed by atoms with Crippen molar-refractivity contribution in [1.82, 2.24) is 5.32 Å². The summed E-state index contributed by atoms with van der Waals surface area (Å²) in [5, 5.41) is 54.7. The molecule has 0 spiro atoms. The van der Waals surface area contributed by atoms with Gasteiger partial charge in [0.25, 0.3) is 10.1 Å². The minimum Gasteiger partial charge on any atom is -0.481 e. The van der Waals surface area contributed by atoms with Gasteiger partial charge in [-0.25, -0.2) is 0 Å². The molecule has 7 N–H and O–H groups in total. The number of carbonyl (C=O) groups excluding carboxylic acids is 1. The van der Waals surface area contributed by atoms with Crippen LogP contribution >= 0.6 is 0 Å². The Bertz CT molecular complexity index is 1710. The smallest absolute Gasteiger partial charge is 0.303 e. The Morgan fingerprint density at radius 1 is 0.597 bits per heavy atom. The third kappa shape index (κ3) is 9.20. The molecule has 0 radical (unpaired) electrons. The minimum absolute atomic E-state index is 0.0625. The van der Waals surface area contributed by atoms with Crippen LogP contribution < -0.4 is 5.32 Å². The summed E-state index contributed by atoms with van der Waals surface area (Å²) in [7, 11) is -4.06. The van der Waals surface area contributed by atoms with Gasteiger partial charge in [0.1, 0.15) is 0 Å². The molecule has 62 heavy (non-hydrogen) atoms. The number of carboxylic acids is 1. The molecule has 20 atom stereocenters. The number of aliphatic carboxylic acids is 1. The molecule has 0 aromatic carbocycles. The molecule has 0 aliphatic heterocycles. The van der Waals surface area contributed by atoms with Crippen molar-refractivity contribution in [3.8, 4) is 0 Å². The van der Waals surface area contributed by atoms with E-state index in [1.54, 1.807) is 0 Å². The molecule has 8 fully saturated rings. The van der Waals surface area contributed by atoms with E-state index in [4.69, 9.17) is 9.66 Å². The van der Waals surface area contributed by atoms with Crippen molar-refractivity contribution in [2.45, 2.75) is 194 Å². The summed E-state index contributed by atoms with van der Waals surface area (Å²) in [5.74, 6) is 4.46. The van der Waals surface area contributed by atoms with Gasteiger partial charge in [0, 0.05) is 19.4 Å². The van der Waals surface area contributed by atoms with Gasteiger partial charge in [-0.15, -0.1) is 0 Å². The summed E-state index contributed by atoms with van der Waals surface area (Å²) in [4.78, 5) is 23.2. The highest BCUT2D eigenvalue weighted by Gasteiger charge is 2.64. The number of aliphatic hydroxyl groups excluding tert-OH is 4. The van der Waals surface area contributed by atoms with Gasteiger partial charge in [0.15, 0.2) is 0 Å². The predicted octanol–water partition coefficient (Wildman–Crippen LogP) is 7.88. The van der Waals surface area contributed by atoms with Gasteiger partial charge in [-0.05, 0) is 208 Å². The summed E-state index contributed by atoms with van der Waals surface area (Å²) in [6.45, 7) is 14.2. The summed E-state index contributed by atoms with van der Waals surface area (Å²) < 4.78 is 30.5. The molecule has 0 bridgehead atoms. The van der Waals surface area contributed by atoms with Crippen LogP contribution in [0, 0.1) is 92.7 Å². The molecule has 11 nitrogen and oxygen atoms in total. The van der Waals surface area contributed by atoms with E-state index in [0.717, 1.165) is 83.5 Å². The van der Waals surface area contributed by atoms with Crippen molar-refractivity contribution in [2.75, 3.05) is 12.3 Å². The second-order valence-corrected chi connectivity index (χ2v) is 25.5. The summed E-state index contributed by atoms with van der Waals surface area (Å²) in [6.07, 6.45) is 18.1. The average Bonchev–Trinajstić information content (AvgIpc) is 3.74. The second-order valence-electron chi connectivity index (χ2n) is 24.0. The van der Waals surface area contributed by atoms with E-state index in [0.29, 0.717) is 77.4 Å². The first-order chi connectivity index (χ1) is 29.0. The molecule has 12 heteroatoms. The van der Waals surface area contributed by atoms with Gasteiger partial charge in [0.05, 0.1) is 30.2 Å².